The molecule has 0 atom stereocenters. The molecule has 3 rings (SSSR count). The smallest absolute Gasteiger partial charge is 0.426 e. The number of ether oxygens (including phenoxy) is 1. The molecule has 2 aromatic rings. The number of benzene rings is 1. The van der Waals surface area contributed by atoms with Crippen molar-refractivity contribution in [2.75, 3.05) is 31.1 Å². The number of pyridine rings is 1. The monoisotopic (exact) mass is 514 g/mol. The van der Waals surface area contributed by atoms with Gasteiger partial charge in [0.1, 0.15) is 11.4 Å². The number of amides is 4. The zero-order valence-electron chi connectivity index (χ0n) is 21.8. The van der Waals surface area contributed by atoms with E-state index >= 15 is 0 Å². The van der Waals surface area contributed by atoms with Crippen LogP contribution in [0.1, 0.15) is 44.5 Å². The van der Waals surface area contributed by atoms with E-state index in [1.807, 2.05) is 23.2 Å². The minimum absolute atomic E-state index is 0.0860. The molecule has 0 unspecified atom stereocenters. The Kier molecular flexibility index (Phi) is 9.26. The molecule has 0 radical (unpaired) electrons. The Morgan fingerprint density at radius 3 is 2.35 bits per heavy atom. The molecule has 1 aliphatic rings. The lowest BCUT2D eigenvalue weighted by atomic mass is 10.0. The van der Waals surface area contributed by atoms with E-state index in [0.29, 0.717) is 37.1 Å². The molecule has 10 nitrogen and oxygen atoms in total. The fourth-order valence-electron chi connectivity index (χ4n) is 3.84. The summed E-state index contributed by atoms with van der Waals surface area (Å²) in [6, 6.07) is 8.15. The van der Waals surface area contributed by atoms with Crippen molar-refractivity contribution in [3.8, 4) is 0 Å². The second-order valence-electron chi connectivity index (χ2n) is 9.86. The molecule has 4 amide bonds. The normalized spacial score (nSPS) is 13.6. The van der Waals surface area contributed by atoms with Crippen molar-refractivity contribution >= 4 is 23.7 Å². The van der Waals surface area contributed by atoms with Gasteiger partial charge in [-0.25, -0.2) is 24.8 Å². The van der Waals surface area contributed by atoms with Gasteiger partial charge in [0.2, 0.25) is 5.91 Å². The van der Waals surface area contributed by atoms with Crippen molar-refractivity contribution in [1.82, 2.24) is 26.1 Å². The van der Waals surface area contributed by atoms with Crippen LogP contribution in [0.15, 0.2) is 36.5 Å². The molecule has 1 aliphatic heterocycles. The van der Waals surface area contributed by atoms with Gasteiger partial charge in [0.15, 0.2) is 0 Å². The number of piperazine rings is 1. The summed E-state index contributed by atoms with van der Waals surface area (Å²) in [5.74, 6) is -0.255. The lowest BCUT2D eigenvalue weighted by molar-refractivity contribution is -0.129. The van der Waals surface area contributed by atoms with Crippen LogP contribution in [-0.4, -0.2) is 59.7 Å². The number of anilines is 1. The number of carbonyl (C=O) groups is 3. The van der Waals surface area contributed by atoms with Crippen LogP contribution in [0, 0.1) is 5.82 Å². The number of nitrogens with zero attached hydrogens (tertiary/aromatic N) is 3. The topological polar surface area (TPSA) is 116 Å². The van der Waals surface area contributed by atoms with Gasteiger partial charge in [-0.05, 0) is 62.9 Å². The summed E-state index contributed by atoms with van der Waals surface area (Å²) in [6.45, 7) is 9.75. The molecule has 3 N–H and O–H groups in total. The lowest BCUT2D eigenvalue weighted by Gasteiger charge is -2.35. The van der Waals surface area contributed by atoms with Crippen LogP contribution >= 0.6 is 0 Å². The van der Waals surface area contributed by atoms with Crippen LogP contribution in [0.2, 0.25) is 0 Å². The largest absolute Gasteiger partial charge is 0.443 e. The molecule has 2 heterocycles. The van der Waals surface area contributed by atoms with Gasteiger partial charge in [0.25, 0.3) is 0 Å². The van der Waals surface area contributed by atoms with Crippen molar-refractivity contribution in [1.29, 1.82) is 0 Å². The van der Waals surface area contributed by atoms with E-state index in [0.717, 1.165) is 24.5 Å². The molecule has 11 heteroatoms. The summed E-state index contributed by atoms with van der Waals surface area (Å²) in [5, 5.41) is 2.54. The van der Waals surface area contributed by atoms with Gasteiger partial charge in [-0.1, -0.05) is 12.1 Å². The Morgan fingerprint density at radius 1 is 1.03 bits per heavy atom. The molecule has 0 bridgehead atoms. The summed E-state index contributed by atoms with van der Waals surface area (Å²) in [6.07, 6.45) is 2.12. The highest BCUT2D eigenvalue weighted by Crippen LogP contribution is 2.18. The summed E-state index contributed by atoms with van der Waals surface area (Å²) in [7, 11) is 0. The van der Waals surface area contributed by atoms with Gasteiger partial charge < -0.3 is 19.9 Å². The number of urea groups is 1. The minimum Gasteiger partial charge on any atom is -0.443 e. The van der Waals surface area contributed by atoms with Crippen molar-refractivity contribution in [2.24, 2.45) is 0 Å². The van der Waals surface area contributed by atoms with E-state index in [9.17, 15) is 18.8 Å². The summed E-state index contributed by atoms with van der Waals surface area (Å²) < 4.78 is 19.6. The quantitative estimate of drug-likeness (QED) is 0.511. The highest BCUT2D eigenvalue weighted by atomic mass is 19.1. The maximum absolute atomic E-state index is 14.6. The van der Waals surface area contributed by atoms with Gasteiger partial charge in [0, 0.05) is 45.3 Å². The Bertz CT molecular complexity index is 1100. The molecule has 1 fully saturated rings. The third-order valence-electron chi connectivity index (χ3n) is 5.80. The summed E-state index contributed by atoms with van der Waals surface area (Å²) >= 11 is 0. The number of carbonyl (C=O) groups excluding carboxylic acids is 3. The van der Waals surface area contributed by atoms with Gasteiger partial charge in [-0.2, -0.15) is 0 Å². The number of halogens is 1. The molecular formula is C26H35FN6O4. The van der Waals surface area contributed by atoms with Crippen molar-refractivity contribution < 1.29 is 23.5 Å². The van der Waals surface area contributed by atoms with Crippen LogP contribution in [0.3, 0.4) is 0 Å². The second-order valence-corrected chi connectivity index (χ2v) is 9.86. The molecule has 0 aliphatic carbocycles. The Balaban J connectivity index is 1.42. The standard InChI is InChI=1S/C26H35FN6O4/c1-18(34)32-11-13-33(14-12-32)22-10-9-21(28-17-22)8-7-20-6-5-19(15-23(20)27)16-29-24(35)30-31-25(36)37-26(2,3)4/h5-6,9-10,15,17H,7-8,11-14,16H2,1-4H3,(H,31,36)(H2,29,30,35). The molecule has 0 spiro atoms. The first-order valence-electron chi connectivity index (χ1n) is 12.3. The van der Waals surface area contributed by atoms with E-state index in [1.165, 1.54) is 6.07 Å². The average molecular weight is 515 g/mol. The van der Waals surface area contributed by atoms with Crippen molar-refractivity contribution in [2.45, 2.75) is 52.7 Å². The van der Waals surface area contributed by atoms with Gasteiger partial charge in [-0.15, -0.1) is 0 Å². The first kappa shape index (κ1) is 27.7. The molecule has 200 valence electrons. The molecular weight excluding hydrogens is 479 g/mol. The summed E-state index contributed by atoms with van der Waals surface area (Å²) in [4.78, 5) is 43.5. The molecule has 1 aromatic carbocycles. The number of nitrogens with one attached hydrogen (secondary N) is 3. The fourth-order valence-corrected chi connectivity index (χ4v) is 3.84. The zero-order chi connectivity index (χ0) is 27.0. The van der Waals surface area contributed by atoms with Crippen LogP contribution in [-0.2, 0) is 28.9 Å². The molecule has 37 heavy (non-hydrogen) atoms. The number of hydrogen-bond acceptors (Lipinski definition) is 6. The minimum atomic E-state index is -0.783. The highest BCUT2D eigenvalue weighted by molar-refractivity contribution is 5.77. The number of hydrogen-bond donors (Lipinski definition) is 3. The van der Waals surface area contributed by atoms with Crippen LogP contribution in [0.4, 0.5) is 19.7 Å². The number of rotatable bonds is 6. The van der Waals surface area contributed by atoms with Gasteiger partial charge in [0.05, 0.1) is 11.9 Å². The maximum atomic E-state index is 14.6. The van der Waals surface area contributed by atoms with Crippen molar-refractivity contribution in [3.63, 3.8) is 0 Å². The first-order valence-corrected chi connectivity index (χ1v) is 12.3. The third kappa shape index (κ3) is 8.93. The number of aryl methyl sites for hydroxylation is 2. The highest BCUT2D eigenvalue weighted by Gasteiger charge is 2.19. The van der Waals surface area contributed by atoms with E-state index in [1.54, 1.807) is 39.8 Å². The maximum Gasteiger partial charge on any atom is 0.426 e. The van der Waals surface area contributed by atoms with Crippen LogP contribution in [0.25, 0.3) is 0 Å². The van der Waals surface area contributed by atoms with Crippen LogP contribution in [0.5, 0.6) is 0 Å². The van der Waals surface area contributed by atoms with Gasteiger partial charge >= 0.3 is 12.1 Å². The molecule has 1 saturated heterocycles. The van der Waals surface area contributed by atoms with E-state index in [-0.39, 0.29) is 18.3 Å². The van der Waals surface area contributed by atoms with Gasteiger partial charge in [-0.3, -0.25) is 9.78 Å². The Morgan fingerprint density at radius 2 is 1.76 bits per heavy atom. The van der Waals surface area contributed by atoms with Crippen LogP contribution < -0.4 is 21.1 Å². The number of aromatic nitrogens is 1. The molecule has 1 aromatic heterocycles. The first-order chi connectivity index (χ1) is 17.5. The Labute approximate surface area is 216 Å². The second kappa shape index (κ2) is 12.4. The van der Waals surface area contributed by atoms with E-state index in [2.05, 4.69) is 26.1 Å². The SMILES string of the molecule is CC(=O)N1CCN(c2ccc(CCc3ccc(CNC(=O)NNC(=O)OC(C)(C)C)cc3F)nc2)CC1. The lowest BCUT2D eigenvalue weighted by Crippen LogP contribution is -2.48. The third-order valence-corrected chi connectivity index (χ3v) is 5.80. The average Bonchev–Trinajstić information content (AvgIpc) is 2.85. The van der Waals surface area contributed by atoms with E-state index < -0.39 is 17.7 Å². The number of hydrazine groups is 1. The predicted octanol–water partition coefficient (Wildman–Crippen LogP) is 2.91. The fraction of sp³-hybridized carbons (Fsp3) is 0.462. The summed E-state index contributed by atoms with van der Waals surface area (Å²) in [5.41, 5.74) is 6.65. The predicted molar refractivity (Wildman–Crippen MR) is 137 cm³/mol. The zero-order valence-corrected chi connectivity index (χ0v) is 21.8. The van der Waals surface area contributed by atoms with Crippen molar-refractivity contribution in [3.05, 3.63) is 59.2 Å². The Hall–Kier alpha value is -3.89. The molecule has 0 saturated carbocycles. The van der Waals surface area contributed by atoms with E-state index in [4.69, 9.17) is 4.74 Å².